The molecule has 0 aliphatic carbocycles. The van der Waals surface area contributed by atoms with Gasteiger partial charge in [0.25, 0.3) is 0 Å². The van der Waals surface area contributed by atoms with Crippen LogP contribution in [0.15, 0.2) is 59.6 Å². The van der Waals surface area contributed by atoms with Crippen LogP contribution in [0.2, 0.25) is 0 Å². The molecule has 2 rings (SSSR count). The van der Waals surface area contributed by atoms with E-state index in [-0.39, 0.29) is 0 Å². The second kappa shape index (κ2) is 5.09. The van der Waals surface area contributed by atoms with Crippen molar-refractivity contribution in [2.24, 2.45) is 4.99 Å². The van der Waals surface area contributed by atoms with Crippen LogP contribution in [0.3, 0.4) is 0 Å². The molecule has 0 amide bonds. The lowest BCUT2D eigenvalue weighted by atomic mass is 10.1. The molecule has 0 spiro atoms. The average Bonchev–Trinajstić information content (AvgIpc) is 2.37. The number of rotatable bonds is 2. The molecule has 0 unspecified atom stereocenters. The van der Waals surface area contributed by atoms with Crippen molar-refractivity contribution in [2.45, 2.75) is 6.92 Å². The highest BCUT2D eigenvalue weighted by atomic mass is 14.7. The second-order valence-electron chi connectivity index (χ2n) is 3.78. The van der Waals surface area contributed by atoms with Crippen molar-refractivity contribution in [3.8, 4) is 6.07 Å². The summed E-state index contributed by atoms with van der Waals surface area (Å²) in [4.78, 5) is 4.36. The summed E-state index contributed by atoms with van der Waals surface area (Å²) in [7, 11) is 0. The topological polar surface area (TPSA) is 36.1 Å². The Kier molecular flexibility index (Phi) is 3.32. The first kappa shape index (κ1) is 11.1. The number of hydrogen-bond acceptors (Lipinski definition) is 2. The van der Waals surface area contributed by atoms with Gasteiger partial charge in [0.1, 0.15) is 11.8 Å². The fourth-order valence-electron chi connectivity index (χ4n) is 1.58. The highest BCUT2D eigenvalue weighted by Crippen LogP contribution is 2.15. The lowest BCUT2D eigenvalue weighted by Crippen LogP contribution is -1.95. The van der Waals surface area contributed by atoms with Crippen LogP contribution >= 0.6 is 0 Å². The highest BCUT2D eigenvalue weighted by molar-refractivity contribution is 6.12. The Bertz CT molecular complexity index is 577. The average molecular weight is 220 g/mol. The molecule has 0 heterocycles. The molecule has 2 heteroatoms. The van der Waals surface area contributed by atoms with Crippen LogP contribution in [0, 0.1) is 18.3 Å². The van der Waals surface area contributed by atoms with E-state index in [0.717, 1.165) is 16.8 Å². The van der Waals surface area contributed by atoms with Crippen molar-refractivity contribution in [3.63, 3.8) is 0 Å². The standard InChI is InChI=1S/C15H12N2/c1-12-6-5-9-14(10-12)17-15(11-16)13-7-3-2-4-8-13/h2-10H,1H3/b17-15+. The summed E-state index contributed by atoms with van der Waals surface area (Å²) in [5, 5.41) is 9.13. The summed E-state index contributed by atoms with van der Waals surface area (Å²) in [5.74, 6) is 0. The van der Waals surface area contributed by atoms with Crippen molar-refractivity contribution >= 4 is 11.4 Å². The van der Waals surface area contributed by atoms with Gasteiger partial charge in [0.15, 0.2) is 0 Å². The van der Waals surface area contributed by atoms with E-state index in [0.29, 0.717) is 5.71 Å². The van der Waals surface area contributed by atoms with Crippen molar-refractivity contribution in [2.75, 3.05) is 0 Å². The van der Waals surface area contributed by atoms with Gasteiger partial charge < -0.3 is 0 Å². The van der Waals surface area contributed by atoms with E-state index in [1.165, 1.54) is 0 Å². The molecule has 0 saturated heterocycles. The first-order valence-corrected chi connectivity index (χ1v) is 5.40. The molecule has 0 radical (unpaired) electrons. The Morgan fingerprint density at radius 2 is 1.82 bits per heavy atom. The van der Waals surface area contributed by atoms with Gasteiger partial charge in [-0.05, 0) is 24.6 Å². The number of aliphatic imine (C=N–C) groups is 1. The van der Waals surface area contributed by atoms with Gasteiger partial charge in [-0.2, -0.15) is 5.26 Å². The van der Waals surface area contributed by atoms with Gasteiger partial charge in [-0.3, -0.25) is 0 Å². The van der Waals surface area contributed by atoms with Gasteiger partial charge in [-0.1, -0.05) is 42.5 Å². The molecule has 0 fully saturated rings. The maximum atomic E-state index is 9.13. The van der Waals surface area contributed by atoms with Crippen LogP contribution in [-0.2, 0) is 0 Å². The Labute approximate surface area is 101 Å². The number of benzene rings is 2. The molecule has 2 aromatic rings. The zero-order chi connectivity index (χ0) is 12.1. The Morgan fingerprint density at radius 3 is 2.47 bits per heavy atom. The number of nitrogens with zero attached hydrogens (tertiary/aromatic N) is 2. The van der Waals surface area contributed by atoms with E-state index in [1.807, 2.05) is 61.5 Å². The van der Waals surface area contributed by atoms with Crippen LogP contribution in [0.4, 0.5) is 5.69 Å². The fourth-order valence-corrected chi connectivity index (χ4v) is 1.58. The van der Waals surface area contributed by atoms with Crippen molar-refractivity contribution in [3.05, 3.63) is 65.7 Å². The van der Waals surface area contributed by atoms with E-state index >= 15 is 0 Å². The molecule has 82 valence electrons. The van der Waals surface area contributed by atoms with Crippen molar-refractivity contribution < 1.29 is 0 Å². The predicted molar refractivity (Wildman–Crippen MR) is 69.4 cm³/mol. The van der Waals surface area contributed by atoms with Crippen LogP contribution < -0.4 is 0 Å². The minimum atomic E-state index is 0.441. The quantitative estimate of drug-likeness (QED) is 0.712. The number of hydrogen-bond donors (Lipinski definition) is 0. The van der Waals surface area contributed by atoms with E-state index < -0.39 is 0 Å². The van der Waals surface area contributed by atoms with Gasteiger partial charge in [0, 0.05) is 5.56 Å². The minimum Gasteiger partial charge on any atom is -0.237 e. The smallest absolute Gasteiger partial charge is 0.148 e. The van der Waals surface area contributed by atoms with Crippen LogP contribution in [0.5, 0.6) is 0 Å². The molecule has 0 aliphatic rings. The molecule has 0 aliphatic heterocycles. The molecular weight excluding hydrogens is 208 g/mol. The molecule has 0 N–H and O–H groups in total. The van der Waals surface area contributed by atoms with Gasteiger partial charge in [-0.15, -0.1) is 0 Å². The summed E-state index contributed by atoms with van der Waals surface area (Å²) >= 11 is 0. The maximum absolute atomic E-state index is 9.13. The second-order valence-corrected chi connectivity index (χ2v) is 3.78. The summed E-state index contributed by atoms with van der Waals surface area (Å²) < 4.78 is 0. The van der Waals surface area contributed by atoms with Crippen LogP contribution in [0.1, 0.15) is 11.1 Å². The first-order valence-electron chi connectivity index (χ1n) is 5.40. The predicted octanol–water partition coefficient (Wildman–Crippen LogP) is 3.64. The Balaban J connectivity index is 2.41. The largest absolute Gasteiger partial charge is 0.237 e. The zero-order valence-corrected chi connectivity index (χ0v) is 9.59. The third-order valence-electron chi connectivity index (χ3n) is 2.40. The van der Waals surface area contributed by atoms with Gasteiger partial charge >= 0.3 is 0 Å². The number of nitriles is 1. The van der Waals surface area contributed by atoms with E-state index in [4.69, 9.17) is 5.26 Å². The Morgan fingerprint density at radius 1 is 1.06 bits per heavy atom. The van der Waals surface area contributed by atoms with Crippen LogP contribution in [0.25, 0.3) is 0 Å². The van der Waals surface area contributed by atoms with Crippen LogP contribution in [-0.4, -0.2) is 5.71 Å². The van der Waals surface area contributed by atoms with Gasteiger partial charge in [0.2, 0.25) is 0 Å². The lowest BCUT2D eigenvalue weighted by molar-refractivity contribution is 1.42. The van der Waals surface area contributed by atoms with Gasteiger partial charge in [0.05, 0.1) is 5.69 Å². The molecule has 17 heavy (non-hydrogen) atoms. The van der Waals surface area contributed by atoms with Crippen molar-refractivity contribution in [1.82, 2.24) is 0 Å². The molecule has 0 atom stereocenters. The summed E-state index contributed by atoms with van der Waals surface area (Å²) in [6.45, 7) is 2.01. The summed E-state index contributed by atoms with van der Waals surface area (Å²) in [5.41, 5.74) is 3.23. The first-order chi connectivity index (χ1) is 8.29. The third kappa shape index (κ3) is 2.79. The molecule has 0 bridgehead atoms. The molecular formula is C15H12N2. The van der Waals surface area contributed by atoms with E-state index in [2.05, 4.69) is 11.1 Å². The van der Waals surface area contributed by atoms with E-state index in [1.54, 1.807) is 0 Å². The number of aryl methyl sites for hydroxylation is 1. The molecule has 2 aromatic carbocycles. The zero-order valence-electron chi connectivity index (χ0n) is 9.59. The van der Waals surface area contributed by atoms with E-state index in [9.17, 15) is 0 Å². The normalized spacial score (nSPS) is 10.9. The summed E-state index contributed by atoms with van der Waals surface area (Å²) in [6.07, 6.45) is 0. The molecule has 0 saturated carbocycles. The van der Waals surface area contributed by atoms with Gasteiger partial charge in [-0.25, -0.2) is 4.99 Å². The third-order valence-corrected chi connectivity index (χ3v) is 2.40. The fraction of sp³-hybridized carbons (Fsp3) is 0.0667. The summed E-state index contributed by atoms with van der Waals surface area (Å²) in [6, 6.07) is 19.4. The maximum Gasteiger partial charge on any atom is 0.148 e. The highest BCUT2D eigenvalue weighted by Gasteiger charge is 2.01. The lowest BCUT2D eigenvalue weighted by Gasteiger charge is -1.99. The monoisotopic (exact) mass is 220 g/mol. The minimum absolute atomic E-state index is 0.441. The Hall–Kier alpha value is -2.40. The molecule has 0 aromatic heterocycles. The molecule has 2 nitrogen and oxygen atoms in total. The SMILES string of the molecule is Cc1cccc(/N=C(\C#N)c2ccccc2)c1. The van der Waals surface area contributed by atoms with Crippen molar-refractivity contribution in [1.29, 1.82) is 5.26 Å².